The van der Waals surface area contributed by atoms with E-state index in [9.17, 15) is 18.0 Å². The highest BCUT2D eigenvalue weighted by molar-refractivity contribution is 7.15. The number of amides is 1. The molecular formula is C15H10F3N3OS. The molecule has 0 bridgehead atoms. The summed E-state index contributed by atoms with van der Waals surface area (Å²) in [5.74, 6) is -0.419. The first-order valence-corrected chi connectivity index (χ1v) is 7.39. The molecule has 3 rings (SSSR count). The van der Waals surface area contributed by atoms with Gasteiger partial charge in [-0.1, -0.05) is 29.5 Å². The average molecular weight is 337 g/mol. The maximum Gasteiger partial charge on any atom is 0.427 e. The summed E-state index contributed by atoms with van der Waals surface area (Å²) < 4.78 is 37.5. The first kappa shape index (κ1) is 15.4. The van der Waals surface area contributed by atoms with Crippen molar-refractivity contribution in [1.29, 1.82) is 0 Å². The maximum atomic E-state index is 12.5. The monoisotopic (exact) mass is 337 g/mol. The lowest BCUT2D eigenvalue weighted by Crippen LogP contribution is -2.14. The van der Waals surface area contributed by atoms with Crippen molar-refractivity contribution in [2.45, 2.75) is 12.6 Å². The molecule has 1 N–H and O–H groups in total. The first-order chi connectivity index (χ1) is 10.9. The Morgan fingerprint density at radius 2 is 2.04 bits per heavy atom. The Labute approximate surface area is 133 Å². The van der Waals surface area contributed by atoms with E-state index in [0.29, 0.717) is 17.5 Å². The minimum absolute atomic E-state index is 0.0439. The van der Waals surface area contributed by atoms with Crippen LogP contribution in [-0.4, -0.2) is 15.9 Å². The number of pyridine rings is 1. The minimum Gasteiger partial charge on any atom is -0.302 e. The van der Waals surface area contributed by atoms with Crippen LogP contribution in [0.15, 0.2) is 42.9 Å². The highest BCUT2D eigenvalue weighted by Gasteiger charge is 2.33. The Hall–Kier alpha value is -2.48. The Morgan fingerprint density at radius 1 is 1.22 bits per heavy atom. The standard InChI is InChI=1S/C15H10F3N3OS/c16-15(17,18)12-8-20-14(23-12)21-13(22)6-9-2-1-3-10-7-19-5-4-11(9)10/h1-5,7-8H,6H2,(H,20,21,22). The van der Waals surface area contributed by atoms with E-state index < -0.39 is 17.0 Å². The quantitative estimate of drug-likeness (QED) is 0.789. The molecule has 23 heavy (non-hydrogen) atoms. The minimum atomic E-state index is -4.46. The molecule has 4 nitrogen and oxygen atoms in total. The molecule has 0 spiro atoms. The van der Waals surface area contributed by atoms with Gasteiger partial charge < -0.3 is 5.32 Å². The van der Waals surface area contributed by atoms with Gasteiger partial charge in [-0.25, -0.2) is 4.98 Å². The molecular weight excluding hydrogens is 327 g/mol. The summed E-state index contributed by atoms with van der Waals surface area (Å²) in [6, 6.07) is 7.27. The molecule has 1 amide bonds. The number of fused-ring (bicyclic) bond motifs is 1. The molecule has 0 saturated heterocycles. The van der Waals surface area contributed by atoms with E-state index in [4.69, 9.17) is 0 Å². The number of anilines is 1. The zero-order chi connectivity index (χ0) is 16.4. The van der Waals surface area contributed by atoms with Crippen LogP contribution in [-0.2, 0) is 17.4 Å². The number of carbonyl (C=O) groups excluding carboxylic acids is 1. The molecule has 118 valence electrons. The van der Waals surface area contributed by atoms with E-state index in [-0.39, 0.29) is 11.6 Å². The summed E-state index contributed by atoms with van der Waals surface area (Å²) in [6.07, 6.45) is -0.386. The van der Waals surface area contributed by atoms with Gasteiger partial charge in [0.2, 0.25) is 5.91 Å². The van der Waals surface area contributed by atoms with Crippen LogP contribution in [0.1, 0.15) is 10.4 Å². The highest BCUT2D eigenvalue weighted by Crippen LogP contribution is 2.35. The van der Waals surface area contributed by atoms with Gasteiger partial charge in [-0.15, -0.1) is 0 Å². The number of hydrogen-bond acceptors (Lipinski definition) is 4. The van der Waals surface area contributed by atoms with Gasteiger partial charge in [-0.2, -0.15) is 13.2 Å². The van der Waals surface area contributed by atoms with E-state index in [1.165, 1.54) is 0 Å². The van der Waals surface area contributed by atoms with Gasteiger partial charge >= 0.3 is 6.18 Å². The van der Waals surface area contributed by atoms with Crippen molar-refractivity contribution in [3.8, 4) is 0 Å². The molecule has 0 radical (unpaired) electrons. The molecule has 0 fully saturated rings. The molecule has 2 heterocycles. The molecule has 0 aliphatic heterocycles. The van der Waals surface area contributed by atoms with Crippen molar-refractivity contribution in [2.75, 3.05) is 5.32 Å². The molecule has 1 aromatic carbocycles. The van der Waals surface area contributed by atoms with Crippen LogP contribution in [0.5, 0.6) is 0 Å². The van der Waals surface area contributed by atoms with E-state index in [1.54, 1.807) is 30.6 Å². The zero-order valence-electron chi connectivity index (χ0n) is 11.6. The van der Waals surface area contributed by atoms with Crippen molar-refractivity contribution >= 4 is 33.1 Å². The van der Waals surface area contributed by atoms with Crippen molar-refractivity contribution in [1.82, 2.24) is 9.97 Å². The fourth-order valence-electron chi connectivity index (χ4n) is 2.14. The van der Waals surface area contributed by atoms with Gasteiger partial charge in [0.15, 0.2) is 5.13 Å². The molecule has 8 heteroatoms. The molecule has 2 aromatic heterocycles. The molecule has 0 unspecified atom stereocenters. The van der Waals surface area contributed by atoms with Gasteiger partial charge in [-0.3, -0.25) is 9.78 Å². The SMILES string of the molecule is O=C(Cc1cccc2cnccc12)Nc1ncc(C(F)(F)F)s1. The number of carbonyl (C=O) groups is 1. The number of benzene rings is 1. The van der Waals surface area contributed by atoms with Crippen LogP contribution >= 0.6 is 11.3 Å². The Bertz CT molecular complexity index is 855. The first-order valence-electron chi connectivity index (χ1n) is 6.58. The Morgan fingerprint density at radius 3 is 2.78 bits per heavy atom. The van der Waals surface area contributed by atoms with Crippen molar-refractivity contribution in [3.05, 3.63) is 53.3 Å². The number of thiazole rings is 1. The van der Waals surface area contributed by atoms with Crippen LogP contribution < -0.4 is 5.32 Å². The van der Waals surface area contributed by atoms with Gasteiger partial charge in [-0.05, 0) is 17.0 Å². The normalized spacial score (nSPS) is 11.6. The molecule has 0 saturated carbocycles. The van der Waals surface area contributed by atoms with Crippen LogP contribution in [0.25, 0.3) is 10.8 Å². The largest absolute Gasteiger partial charge is 0.427 e. The smallest absolute Gasteiger partial charge is 0.302 e. The summed E-state index contributed by atoms with van der Waals surface area (Å²) >= 11 is 0.404. The third-order valence-electron chi connectivity index (χ3n) is 3.15. The molecule has 3 aromatic rings. The molecule has 0 aliphatic rings. The Balaban J connectivity index is 1.75. The summed E-state index contributed by atoms with van der Waals surface area (Å²) in [4.78, 5) is 18.8. The lowest BCUT2D eigenvalue weighted by Gasteiger charge is -2.06. The highest BCUT2D eigenvalue weighted by atomic mass is 32.1. The number of nitrogens with zero attached hydrogens (tertiary/aromatic N) is 2. The zero-order valence-corrected chi connectivity index (χ0v) is 12.4. The van der Waals surface area contributed by atoms with Crippen LogP contribution in [0.2, 0.25) is 0 Å². The number of halogens is 3. The second-order valence-corrected chi connectivity index (χ2v) is 5.80. The van der Waals surface area contributed by atoms with E-state index in [0.717, 1.165) is 16.3 Å². The third kappa shape index (κ3) is 3.48. The van der Waals surface area contributed by atoms with E-state index >= 15 is 0 Å². The van der Waals surface area contributed by atoms with E-state index in [2.05, 4.69) is 15.3 Å². The molecule has 0 atom stereocenters. The molecule has 0 aliphatic carbocycles. The van der Waals surface area contributed by atoms with Crippen molar-refractivity contribution < 1.29 is 18.0 Å². The predicted octanol–water partition coefficient (Wildman–Crippen LogP) is 3.89. The average Bonchev–Trinajstić information content (AvgIpc) is 2.96. The van der Waals surface area contributed by atoms with E-state index in [1.807, 2.05) is 6.07 Å². The van der Waals surface area contributed by atoms with Crippen LogP contribution in [0.3, 0.4) is 0 Å². The van der Waals surface area contributed by atoms with Gasteiger partial charge in [0.1, 0.15) is 4.88 Å². The summed E-state index contributed by atoms with van der Waals surface area (Å²) in [5, 5.41) is 4.11. The summed E-state index contributed by atoms with van der Waals surface area (Å²) in [5.41, 5.74) is 0.773. The lowest BCUT2D eigenvalue weighted by atomic mass is 10.0. The van der Waals surface area contributed by atoms with Crippen LogP contribution in [0.4, 0.5) is 18.3 Å². The summed E-state index contributed by atoms with van der Waals surface area (Å²) in [7, 11) is 0. The fraction of sp³-hybridized carbons (Fsp3) is 0.133. The number of nitrogens with one attached hydrogen (secondary N) is 1. The third-order valence-corrected chi connectivity index (χ3v) is 4.11. The lowest BCUT2D eigenvalue weighted by molar-refractivity contribution is -0.134. The van der Waals surface area contributed by atoms with Gasteiger partial charge in [0.25, 0.3) is 0 Å². The van der Waals surface area contributed by atoms with Crippen molar-refractivity contribution in [2.24, 2.45) is 0 Å². The Kier molecular flexibility index (Phi) is 3.99. The predicted molar refractivity (Wildman–Crippen MR) is 81.2 cm³/mol. The number of alkyl halides is 3. The maximum absolute atomic E-state index is 12.5. The fourth-order valence-corrected chi connectivity index (χ4v) is 2.84. The van der Waals surface area contributed by atoms with Crippen molar-refractivity contribution in [3.63, 3.8) is 0 Å². The second kappa shape index (κ2) is 5.96. The summed E-state index contributed by atoms with van der Waals surface area (Å²) in [6.45, 7) is 0. The number of rotatable bonds is 3. The van der Waals surface area contributed by atoms with Gasteiger partial charge in [0, 0.05) is 17.8 Å². The topological polar surface area (TPSA) is 54.9 Å². The van der Waals surface area contributed by atoms with Gasteiger partial charge in [0.05, 0.1) is 12.6 Å². The van der Waals surface area contributed by atoms with Crippen LogP contribution in [0, 0.1) is 0 Å². The second-order valence-electron chi connectivity index (χ2n) is 4.77. The number of aromatic nitrogens is 2. The number of hydrogen-bond donors (Lipinski definition) is 1.